The molecule has 16 heavy (non-hydrogen) atoms. The van der Waals surface area contributed by atoms with E-state index in [0.29, 0.717) is 6.54 Å². The Hall–Kier alpha value is -1.03. The summed E-state index contributed by atoms with van der Waals surface area (Å²) in [5, 5.41) is 4.95. The van der Waals surface area contributed by atoms with E-state index in [9.17, 15) is 4.79 Å². The fourth-order valence-corrected chi connectivity index (χ4v) is 3.44. The van der Waals surface area contributed by atoms with Gasteiger partial charge in [-0.3, -0.25) is 0 Å². The summed E-state index contributed by atoms with van der Waals surface area (Å²) in [7, 11) is 1.40. The number of thiophene rings is 1. The molecular formula is C12H17NO2S. The van der Waals surface area contributed by atoms with Crippen molar-refractivity contribution in [3.05, 3.63) is 22.4 Å². The zero-order valence-electron chi connectivity index (χ0n) is 9.49. The Kier molecular flexibility index (Phi) is 3.49. The standard InChI is InChI=1S/C12H17NO2S/c1-15-11(14)13-9-12(6-2-3-7-12)10-5-4-8-16-10/h4-5,8H,2-3,6-7,9H2,1H3,(H,13,14). The van der Waals surface area contributed by atoms with Crippen molar-refractivity contribution in [2.45, 2.75) is 31.1 Å². The van der Waals surface area contributed by atoms with E-state index in [2.05, 4.69) is 27.6 Å². The Morgan fingerprint density at radius 2 is 2.31 bits per heavy atom. The van der Waals surface area contributed by atoms with Crippen molar-refractivity contribution in [3.63, 3.8) is 0 Å². The summed E-state index contributed by atoms with van der Waals surface area (Å²) in [4.78, 5) is 12.5. The predicted octanol–water partition coefficient (Wildman–Crippen LogP) is 2.92. The van der Waals surface area contributed by atoms with Crippen molar-refractivity contribution in [3.8, 4) is 0 Å². The molecule has 88 valence electrons. The van der Waals surface area contributed by atoms with Gasteiger partial charge in [0.15, 0.2) is 0 Å². The first kappa shape index (κ1) is 11.5. The monoisotopic (exact) mass is 239 g/mol. The molecule has 1 heterocycles. The number of carbonyl (C=O) groups excluding carboxylic acids is 1. The molecule has 0 spiro atoms. The van der Waals surface area contributed by atoms with Crippen molar-refractivity contribution >= 4 is 17.4 Å². The van der Waals surface area contributed by atoms with Crippen LogP contribution in [0.2, 0.25) is 0 Å². The molecule has 3 nitrogen and oxygen atoms in total. The molecule has 1 amide bonds. The van der Waals surface area contributed by atoms with E-state index in [-0.39, 0.29) is 11.5 Å². The lowest BCUT2D eigenvalue weighted by Crippen LogP contribution is -2.38. The van der Waals surface area contributed by atoms with Gasteiger partial charge in [0.2, 0.25) is 0 Å². The van der Waals surface area contributed by atoms with Crippen LogP contribution in [0.25, 0.3) is 0 Å². The topological polar surface area (TPSA) is 38.3 Å². The van der Waals surface area contributed by atoms with E-state index in [1.807, 2.05) is 0 Å². The van der Waals surface area contributed by atoms with Crippen LogP contribution >= 0.6 is 11.3 Å². The number of rotatable bonds is 3. The summed E-state index contributed by atoms with van der Waals surface area (Å²) in [6, 6.07) is 4.26. The molecule has 1 aromatic rings. The third-order valence-corrected chi connectivity index (χ3v) is 4.48. The first-order chi connectivity index (χ1) is 7.77. The molecule has 4 heteroatoms. The van der Waals surface area contributed by atoms with Crippen LogP contribution in [0.5, 0.6) is 0 Å². The molecule has 2 rings (SSSR count). The minimum Gasteiger partial charge on any atom is -0.453 e. The van der Waals surface area contributed by atoms with Gasteiger partial charge in [-0.1, -0.05) is 18.9 Å². The highest BCUT2D eigenvalue weighted by Crippen LogP contribution is 2.42. The second-order valence-electron chi connectivity index (χ2n) is 4.31. The van der Waals surface area contributed by atoms with Gasteiger partial charge in [0.25, 0.3) is 0 Å². The Bertz CT molecular complexity index is 342. The van der Waals surface area contributed by atoms with Crippen LogP contribution in [-0.4, -0.2) is 19.7 Å². The molecule has 0 atom stereocenters. The Morgan fingerprint density at radius 1 is 1.56 bits per heavy atom. The quantitative estimate of drug-likeness (QED) is 0.880. The molecule has 1 aromatic heterocycles. The van der Waals surface area contributed by atoms with Gasteiger partial charge in [0, 0.05) is 16.8 Å². The van der Waals surface area contributed by atoms with Gasteiger partial charge in [-0.15, -0.1) is 11.3 Å². The number of alkyl carbamates (subject to hydrolysis) is 1. The van der Waals surface area contributed by atoms with Crippen LogP contribution < -0.4 is 5.32 Å². The number of amides is 1. The fourth-order valence-electron chi connectivity index (χ4n) is 2.46. The van der Waals surface area contributed by atoms with E-state index in [0.717, 1.165) is 12.8 Å². The highest BCUT2D eigenvalue weighted by molar-refractivity contribution is 7.10. The average Bonchev–Trinajstić information content (AvgIpc) is 2.96. The maximum Gasteiger partial charge on any atom is 0.406 e. The van der Waals surface area contributed by atoms with E-state index in [1.165, 1.54) is 24.8 Å². The normalized spacial score (nSPS) is 18.3. The van der Waals surface area contributed by atoms with Crippen molar-refractivity contribution < 1.29 is 9.53 Å². The number of carbonyl (C=O) groups is 1. The molecule has 0 aromatic carbocycles. The zero-order valence-corrected chi connectivity index (χ0v) is 10.3. The number of hydrogen-bond donors (Lipinski definition) is 1. The van der Waals surface area contributed by atoms with Crippen LogP contribution in [0.3, 0.4) is 0 Å². The lowest BCUT2D eigenvalue weighted by Gasteiger charge is -2.27. The highest BCUT2D eigenvalue weighted by atomic mass is 32.1. The summed E-state index contributed by atoms with van der Waals surface area (Å²) >= 11 is 1.79. The van der Waals surface area contributed by atoms with Gasteiger partial charge >= 0.3 is 6.09 Å². The second-order valence-corrected chi connectivity index (χ2v) is 5.26. The smallest absolute Gasteiger partial charge is 0.406 e. The molecule has 1 fully saturated rings. The van der Waals surface area contributed by atoms with Gasteiger partial charge in [0.05, 0.1) is 7.11 Å². The molecule has 0 unspecified atom stereocenters. The molecular weight excluding hydrogens is 222 g/mol. The van der Waals surface area contributed by atoms with Gasteiger partial charge < -0.3 is 10.1 Å². The second kappa shape index (κ2) is 4.87. The minimum absolute atomic E-state index is 0.155. The molecule has 0 bridgehead atoms. The van der Waals surface area contributed by atoms with Crippen molar-refractivity contribution in [2.75, 3.05) is 13.7 Å². The summed E-state index contributed by atoms with van der Waals surface area (Å²) < 4.78 is 4.63. The number of ether oxygens (including phenoxy) is 1. The molecule has 1 aliphatic rings. The Morgan fingerprint density at radius 3 is 2.88 bits per heavy atom. The molecule has 1 saturated carbocycles. The SMILES string of the molecule is COC(=O)NCC1(c2cccs2)CCCC1. The van der Waals surface area contributed by atoms with Crippen molar-refractivity contribution in [1.29, 1.82) is 0 Å². The number of hydrogen-bond acceptors (Lipinski definition) is 3. The fraction of sp³-hybridized carbons (Fsp3) is 0.583. The van der Waals surface area contributed by atoms with Crippen LogP contribution in [0.15, 0.2) is 17.5 Å². The first-order valence-electron chi connectivity index (χ1n) is 5.63. The van der Waals surface area contributed by atoms with Gasteiger partial charge in [0.1, 0.15) is 0 Å². The highest BCUT2D eigenvalue weighted by Gasteiger charge is 2.36. The maximum atomic E-state index is 11.2. The molecule has 1 aliphatic carbocycles. The predicted molar refractivity (Wildman–Crippen MR) is 64.9 cm³/mol. The lowest BCUT2D eigenvalue weighted by atomic mass is 9.84. The van der Waals surface area contributed by atoms with Crippen molar-refractivity contribution in [2.24, 2.45) is 0 Å². The van der Waals surface area contributed by atoms with Crippen LogP contribution in [0, 0.1) is 0 Å². The van der Waals surface area contributed by atoms with E-state index >= 15 is 0 Å². The average molecular weight is 239 g/mol. The minimum atomic E-state index is -0.331. The number of nitrogens with one attached hydrogen (secondary N) is 1. The summed E-state index contributed by atoms with van der Waals surface area (Å²) in [6.45, 7) is 0.695. The van der Waals surface area contributed by atoms with E-state index in [4.69, 9.17) is 0 Å². The molecule has 0 aliphatic heterocycles. The van der Waals surface area contributed by atoms with E-state index in [1.54, 1.807) is 11.3 Å². The lowest BCUT2D eigenvalue weighted by molar-refractivity contribution is 0.168. The molecule has 0 saturated heterocycles. The largest absolute Gasteiger partial charge is 0.453 e. The van der Waals surface area contributed by atoms with Gasteiger partial charge in [-0.25, -0.2) is 4.79 Å². The third kappa shape index (κ3) is 2.21. The van der Waals surface area contributed by atoms with Gasteiger partial charge in [-0.05, 0) is 24.3 Å². The third-order valence-electron chi connectivity index (χ3n) is 3.36. The summed E-state index contributed by atoms with van der Waals surface area (Å²) in [6.07, 6.45) is 4.50. The van der Waals surface area contributed by atoms with Crippen LogP contribution in [0.1, 0.15) is 30.6 Å². The van der Waals surface area contributed by atoms with Crippen molar-refractivity contribution in [1.82, 2.24) is 5.32 Å². The zero-order chi connectivity index (χ0) is 11.4. The molecule has 0 radical (unpaired) electrons. The molecule has 1 N–H and O–H groups in total. The summed E-state index contributed by atoms with van der Waals surface area (Å²) in [5.74, 6) is 0. The van der Waals surface area contributed by atoms with E-state index < -0.39 is 0 Å². The maximum absolute atomic E-state index is 11.2. The Labute approximate surface area is 99.8 Å². The van der Waals surface area contributed by atoms with Gasteiger partial charge in [-0.2, -0.15) is 0 Å². The first-order valence-corrected chi connectivity index (χ1v) is 6.51. The summed E-state index contributed by atoms with van der Waals surface area (Å²) in [5.41, 5.74) is 0.155. The van der Waals surface area contributed by atoms with Crippen LogP contribution in [-0.2, 0) is 10.2 Å². The Balaban J connectivity index is 2.08. The number of methoxy groups -OCH3 is 1. The van der Waals surface area contributed by atoms with Crippen LogP contribution in [0.4, 0.5) is 4.79 Å².